The van der Waals surface area contributed by atoms with Crippen LogP contribution < -0.4 is 5.32 Å². The third-order valence-electron chi connectivity index (χ3n) is 4.42. The van der Waals surface area contributed by atoms with Gasteiger partial charge in [-0.15, -0.1) is 11.3 Å². The molecule has 25 heavy (non-hydrogen) atoms. The summed E-state index contributed by atoms with van der Waals surface area (Å²) in [6, 6.07) is 3.51. The summed E-state index contributed by atoms with van der Waals surface area (Å²) in [5, 5.41) is 3.09. The Morgan fingerprint density at radius 1 is 1.32 bits per heavy atom. The Morgan fingerprint density at radius 3 is 2.48 bits per heavy atom. The van der Waals surface area contributed by atoms with E-state index in [1.54, 1.807) is 12.1 Å². The zero-order chi connectivity index (χ0) is 18.6. The molecule has 0 saturated carbocycles. The second kappa shape index (κ2) is 8.52. The lowest BCUT2D eigenvalue weighted by atomic mass is 9.91. The highest BCUT2D eigenvalue weighted by molar-refractivity contribution is 7.17. The molecular formula is C18H28ClN3O2S. The highest BCUT2D eigenvalue weighted by atomic mass is 35.5. The molecular weight excluding hydrogens is 358 g/mol. The van der Waals surface area contributed by atoms with Crippen molar-refractivity contribution in [1.29, 1.82) is 0 Å². The summed E-state index contributed by atoms with van der Waals surface area (Å²) in [6.07, 6.45) is 1.43. The van der Waals surface area contributed by atoms with Gasteiger partial charge >= 0.3 is 0 Å². The van der Waals surface area contributed by atoms with Crippen LogP contribution in [0.2, 0.25) is 4.34 Å². The number of carbonyl (C=O) groups is 2. The molecule has 1 N–H and O–H groups in total. The molecule has 1 aliphatic rings. The van der Waals surface area contributed by atoms with Crippen LogP contribution in [-0.4, -0.2) is 61.9 Å². The van der Waals surface area contributed by atoms with Crippen LogP contribution in [0.3, 0.4) is 0 Å². The number of carbonyl (C=O) groups excluding carboxylic acids is 2. The van der Waals surface area contributed by atoms with E-state index in [2.05, 4.69) is 24.1 Å². The van der Waals surface area contributed by atoms with Crippen LogP contribution in [0.5, 0.6) is 0 Å². The zero-order valence-corrected chi connectivity index (χ0v) is 17.0. The second-order valence-electron chi connectivity index (χ2n) is 7.79. The van der Waals surface area contributed by atoms with Gasteiger partial charge in [0.2, 0.25) is 5.91 Å². The highest BCUT2D eigenvalue weighted by Gasteiger charge is 2.29. The van der Waals surface area contributed by atoms with Gasteiger partial charge in [-0.1, -0.05) is 25.4 Å². The van der Waals surface area contributed by atoms with Crippen LogP contribution >= 0.6 is 22.9 Å². The standard InChI is InChI=1S/C18H28ClN3O2S/c1-18(2,12-21(3)4)11-20-16(23)13-7-9-22(10-8-13)17(24)14-5-6-15(19)25-14/h5-6,13H,7-12H2,1-4H3,(H,20,23). The molecule has 1 aliphatic heterocycles. The van der Waals surface area contributed by atoms with Gasteiger partial charge in [0.1, 0.15) is 0 Å². The zero-order valence-electron chi connectivity index (χ0n) is 15.5. The maximum absolute atomic E-state index is 12.4. The van der Waals surface area contributed by atoms with Crippen LogP contribution in [-0.2, 0) is 4.79 Å². The lowest BCUT2D eigenvalue weighted by molar-refractivity contribution is -0.126. The predicted octanol–water partition coefficient (Wildman–Crippen LogP) is 2.96. The predicted molar refractivity (Wildman–Crippen MR) is 103 cm³/mol. The van der Waals surface area contributed by atoms with Gasteiger partial charge in [0.15, 0.2) is 0 Å². The molecule has 7 heteroatoms. The van der Waals surface area contributed by atoms with Gasteiger partial charge in [0.25, 0.3) is 5.91 Å². The Labute approximate surface area is 159 Å². The van der Waals surface area contributed by atoms with Crippen LogP contribution in [0, 0.1) is 11.3 Å². The van der Waals surface area contributed by atoms with Crippen molar-refractivity contribution >= 4 is 34.8 Å². The first-order valence-corrected chi connectivity index (χ1v) is 9.84. The number of rotatable bonds is 6. The fraction of sp³-hybridized carbons (Fsp3) is 0.667. The molecule has 1 aromatic rings. The number of likely N-dealkylation sites (tertiary alicyclic amines) is 1. The minimum atomic E-state index is -0.00821. The first kappa shape index (κ1) is 20.2. The molecule has 2 heterocycles. The third-order valence-corrected chi connectivity index (χ3v) is 5.64. The smallest absolute Gasteiger partial charge is 0.263 e. The van der Waals surface area contributed by atoms with Gasteiger partial charge < -0.3 is 15.1 Å². The van der Waals surface area contributed by atoms with Crippen molar-refractivity contribution in [3.63, 3.8) is 0 Å². The van der Waals surface area contributed by atoms with Gasteiger partial charge in [-0.3, -0.25) is 9.59 Å². The van der Waals surface area contributed by atoms with Crippen molar-refractivity contribution in [2.24, 2.45) is 11.3 Å². The molecule has 0 atom stereocenters. The minimum absolute atomic E-state index is 0.00821. The quantitative estimate of drug-likeness (QED) is 0.819. The topological polar surface area (TPSA) is 52.7 Å². The average molecular weight is 386 g/mol. The molecule has 0 unspecified atom stereocenters. The fourth-order valence-electron chi connectivity index (χ4n) is 3.31. The SMILES string of the molecule is CN(C)CC(C)(C)CNC(=O)C1CCN(C(=O)c2ccc(Cl)s2)CC1. The van der Waals surface area contributed by atoms with E-state index in [0.29, 0.717) is 41.7 Å². The number of halogens is 1. The fourth-order valence-corrected chi connectivity index (χ4v) is 4.32. The first-order valence-electron chi connectivity index (χ1n) is 8.65. The van der Waals surface area contributed by atoms with Gasteiger partial charge in [0, 0.05) is 32.1 Å². The molecule has 140 valence electrons. The van der Waals surface area contributed by atoms with E-state index in [9.17, 15) is 9.59 Å². The summed E-state index contributed by atoms with van der Waals surface area (Å²) in [5.41, 5.74) is 0.0360. The van der Waals surface area contributed by atoms with Crippen LogP contribution in [0.4, 0.5) is 0 Å². The second-order valence-corrected chi connectivity index (χ2v) is 9.51. The van der Waals surface area contributed by atoms with E-state index >= 15 is 0 Å². The Balaban J connectivity index is 1.79. The van der Waals surface area contributed by atoms with E-state index < -0.39 is 0 Å². The van der Waals surface area contributed by atoms with E-state index in [0.717, 1.165) is 6.54 Å². The molecule has 1 fully saturated rings. The van der Waals surface area contributed by atoms with Gasteiger partial charge in [-0.25, -0.2) is 0 Å². The summed E-state index contributed by atoms with van der Waals surface area (Å²) >= 11 is 7.21. The van der Waals surface area contributed by atoms with Crippen molar-refractivity contribution in [1.82, 2.24) is 15.1 Å². The summed E-state index contributed by atoms with van der Waals surface area (Å²) in [7, 11) is 4.08. The van der Waals surface area contributed by atoms with Gasteiger partial charge in [0.05, 0.1) is 9.21 Å². The molecule has 0 bridgehead atoms. The van der Waals surface area contributed by atoms with Crippen molar-refractivity contribution < 1.29 is 9.59 Å². The molecule has 5 nitrogen and oxygen atoms in total. The maximum atomic E-state index is 12.4. The number of hydrogen-bond acceptors (Lipinski definition) is 4. The molecule has 0 aliphatic carbocycles. The number of nitrogens with one attached hydrogen (secondary N) is 1. The summed E-state index contributed by atoms with van der Waals surface area (Å²) < 4.78 is 0.623. The Morgan fingerprint density at radius 2 is 1.96 bits per heavy atom. The minimum Gasteiger partial charge on any atom is -0.355 e. The summed E-state index contributed by atoms with van der Waals surface area (Å²) in [6.45, 7) is 7.13. The number of thiophene rings is 1. The summed E-state index contributed by atoms with van der Waals surface area (Å²) in [5.74, 6) is 0.118. The molecule has 0 spiro atoms. The van der Waals surface area contributed by atoms with Crippen molar-refractivity contribution in [3.8, 4) is 0 Å². The molecule has 0 aromatic carbocycles. The van der Waals surface area contributed by atoms with Crippen LogP contribution in [0.25, 0.3) is 0 Å². The molecule has 0 radical (unpaired) electrons. The lowest BCUT2D eigenvalue weighted by Gasteiger charge is -2.33. The van der Waals surface area contributed by atoms with Crippen molar-refractivity contribution in [3.05, 3.63) is 21.3 Å². The van der Waals surface area contributed by atoms with E-state index in [1.165, 1.54) is 11.3 Å². The molecule has 1 aromatic heterocycles. The highest BCUT2D eigenvalue weighted by Crippen LogP contribution is 2.25. The van der Waals surface area contributed by atoms with Crippen LogP contribution in [0.1, 0.15) is 36.4 Å². The van der Waals surface area contributed by atoms with E-state index in [1.807, 2.05) is 19.0 Å². The Bertz CT molecular complexity index is 607. The average Bonchev–Trinajstić information content (AvgIpc) is 2.97. The van der Waals surface area contributed by atoms with Crippen molar-refractivity contribution in [2.45, 2.75) is 26.7 Å². The number of hydrogen-bond donors (Lipinski definition) is 1. The largest absolute Gasteiger partial charge is 0.355 e. The lowest BCUT2D eigenvalue weighted by Crippen LogP contribution is -2.45. The first-order chi connectivity index (χ1) is 11.7. The Hall–Kier alpha value is -1.11. The number of amides is 2. The molecule has 2 amide bonds. The maximum Gasteiger partial charge on any atom is 0.263 e. The van der Waals surface area contributed by atoms with Crippen molar-refractivity contribution in [2.75, 3.05) is 40.3 Å². The van der Waals surface area contributed by atoms with Gasteiger partial charge in [-0.2, -0.15) is 0 Å². The van der Waals surface area contributed by atoms with Crippen LogP contribution in [0.15, 0.2) is 12.1 Å². The van der Waals surface area contributed by atoms with E-state index in [-0.39, 0.29) is 23.1 Å². The molecule has 1 saturated heterocycles. The normalized spacial score (nSPS) is 16.3. The number of piperidine rings is 1. The number of nitrogens with zero attached hydrogens (tertiary/aromatic N) is 2. The van der Waals surface area contributed by atoms with Gasteiger partial charge in [-0.05, 0) is 44.5 Å². The third kappa shape index (κ3) is 5.97. The Kier molecular flexibility index (Phi) is 6.88. The summed E-state index contributed by atoms with van der Waals surface area (Å²) in [4.78, 5) is 29.5. The molecule has 2 rings (SSSR count). The monoisotopic (exact) mass is 385 g/mol. The van der Waals surface area contributed by atoms with E-state index in [4.69, 9.17) is 11.6 Å².